The van der Waals surface area contributed by atoms with E-state index in [1.165, 1.54) is 38.5 Å². The standard InChI is InChI=1S/C22H27N5O2/c1-13-17(10-27(26-13)18-20(29-2)24-4-3-23-18)19(28)25-12-21-7-14-5-15-6-16(9-21)22(15,8-14)11-21/h3-4,10,14-16H,5-9,11-12H2,1-2H3,(H,25,28). The molecule has 1 amide bonds. The second kappa shape index (κ2) is 5.80. The Morgan fingerprint density at radius 3 is 2.97 bits per heavy atom. The average Bonchev–Trinajstić information content (AvgIpc) is 3.26. The normalized spacial score (nSPS) is 36.0. The highest BCUT2D eigenvalue weighted by Gasteiger charge is 2.70. The minimum atomic E-state index is -0.0443. The highest BCUT2D eigenvalue weighted by atomic mass is 16.5. The van der Waals surface area contributed by atoms with Gasteiger partial charge in [-0.3, -0.25) is 4.79 Å². The van der Waals surface area contributed by atoms with Crippen molar-refractivity contribution in [3.05, 3.63) is 29.8 Å². The first-order chi connectivity index (χ1) is 14.0. The summed E-state index contributed by atoms with van der Waals surface area (Å²) in [5, 5.41) is 7.74. The van der Waals surface area contributed by atoms with Crippen LogP contribution in [0.25, 0.3) is 5.82 Å². The molecule has 2 aromatic heterocycles. The lowest BCUT2D eigenvalue weighted by Gasteiger charge is -2.49. The van der Waals surface area contributed by atoms with Crippen molar-refractivity contribution in [1.29, 1.82) is 0 Å². The number of ether oxygens (including phenoxy) is 1. The molecule has 1 N–H and O–H groups in total. The van der Waals surface area contributed by atoms with Crippen LogP contribution in [0.1, 0.15) is 54.6 Å². The van der Waals surface area contributed by atoms with Gasteiger partial charge in [-0.15, -0.1) is 0 Å². The lowest BCUT2D eigenvalue weighted by molar-refractivity contribution is -0.00254. The van der Waals surface area contributed by atoms with Crippen LogP contribution in [0, 0.1) is 35.5 Å². The molecule has 4 saturated carbocycles. The summed E-state index contributed by atoms with van der Waals surface area (Å²) in [6.07, 6.45) is 13.2. The van der Waals surface area contributed by atoms with Gasteiger partial charge in [0.25, 0.3) is 11.8 Å². The molecule has 4 fully saturated rings. The third-order valence-electron chi connectivity index (χ3n) is 8.41. The minimum Gasteiger partial charge on any atom is -0.478 e. The van der Waals surface area contributed by atoms with Gasteiger partial charge in [0.2, 0.25) is 5.82 Å². The summed E-state index contributed by atoms with van der Waals surface area (Å²) < 4.78 is 6.85. The van der Waals surface area contributed by atoms with Crippen LogP contribution in [0.2, 0.25) is 0 Å². The van der Waals surface area contributed by atoms with Gasteiger partial charge in [0, 0.05) is 25.1 Å². The summed E-state index contributed by atoms with van der Waals surface area (Å²) in [5.41, 5.74) is 2.25. The van der Waals surface area contributed by atoms with Crippen LogP contribution in [-0.4, -0.2) is 39.3 Å². The molecule has 5 atom stereocenters. The summed E-state index contributed by atoms with van der Waals surface area (Å²) in [6, 6.07) is 0. The fourth-order valence-electron chi connectivity index (χ4n) is 7.52. The molecular formula is C22H27N5O2. The van der Waals surface area contributed by atoms with Gasteiger partial charge in [0.1, 0.15) is 0 Å². The quantitative estimate of drug-likeness (QED) is 0.845. The third-order valence-corrected chi connectivity index (χ3v) is 8.41. The molecule has 5 unspecified atom stereocenters. The van der Waals surface area contributed by atoms with E-state index in [9.17, 15) is 4.79 Å². The number of nitrogens with one attached hydrogen (secondary N) is 1. The maximum atomic E-state index is 13.0. The predicted molar refractivity (Wildman–Crippen MR) is 106 cm³/mol. The molecular weight excluding hydrogens is 366 g/mol. The van der Waals surface area contributed by atoms with Crippen LogP contribution >= 0.6 is 0 Å². The number of aryl methyl sites for hydroxylation is 1. The second-order valence-corrected chi connectivity index (χ2v) is 9.90. The van der Waals surface area contributed by atoms with Crippen LogP contribution in [0.4, 0.5) is 0 Å². The molecule has 7 heteroatoms. The largest absolute Gasteiger partial charge is 0.478 e. The zero-order chi connectivity index (χ0) is 19.8. The first-order valence-electron chi connectivity index (χ1n) is 10.7. The van der Waals surface area contributed by atoms with Crippen molar-refractivity contribution in [3.63, 3.8) is 0 Å². The number of carbonyl (C=O) groups excluding carboxylic acids is 1. The maximum Gasteiger partial charge on any atom is 0.259 e. The molecule has 4 aliphatic rings. The summed E-state index contributed by atoms with van der Waals surface area (Å²) in [6.45, 7) is 2.65. The minimum absolute atomic E-state index is 0.0443. The first-order valence-corrected chi connectivity index (χ1v) is 10.7. The van der Waals surface area contributed by atoms with Crippen molar-refractivity contribution >= 4 is 5.91 Å². The van der Waals surface area contributed by atoms with Crippen molar-refractivity contribution in [1.82, 2.24) is 25.1 Å². The zero-order valence-electron chi connectivity index (χ0n) is 17.0. The molecule has 0 aliphatic heterocycles. The lowest BCUT2D eigenvalue weighted by atomic mass is 9.55. The number of hydrogen-bond donors (Lipinski definition) is 1. The van der Waals surface area contributed by atoms with Gasteiger partial charge in [-0.2, -0.15) is 5.10 Å². The van der Waals surface area contributed by atoms with Crippen molar-refractivity contribution in [2.24, 2.45) is 28.6 Å². The fraction of sp³-hybridized carbons (Fsp3) is 0.636. The molecule has 7 nitrogen and oxygen atoms in total. The number of aromatic nitrogens is 4. The van der Waals surface area contributed by atoms with E-state index in [-0.39, 0.29) is 5.91 Å². The number of carbonyl (C=O) groups is 1. The number of hydrogen-bond acceptors (Lipinski definition) is 5. The van der Waals surface area contributed by atoms with Crippen LogP contribution < -0.4 is 10.1 Å². The average molecular weight is 393 g/mol. The number of amides is 1. The number of nitrogens with zero attached hydrogens (tertiary/aromatic N) is 4. The number of methoxy groups -OCH3 is 1. The molecule has 6 rings (SSSR count). The Morgan fingerprint density at radius 1 is 1.24 bits per heavy atom. The van der Waals surface area contributed by atoms with Crippen molar-refractivity contribution in [3.8, 4) is 11.7 Å². The van der Waals surface area contributed by atoms with E-state index in [4.69, 9.17) is 4.74 Å². The summed E-state index contributed by atoms with van der Waals surface area (Å²) in [5.74, 6) is 3.63. The lowest BCUT2D eigenvalue weighted by Crippen LogP contribution is -2.43. The maximum absolute atomic E-state index is 13.0. The van der Waals surface area contributed by atoms with Gasteiger partial charge < -0.3 is 10.1 Å². The molecule has 152 valence electrons. The van der Waals surface area contributed by atoms with Crippen LogP contribution in [0.3, 0.4) is 0 Å². The van der Waals surface area contributed by atoms with E-state index < -0.39 is 0 Å². The van der Waals surface area contributed by atoms with Gasteiger partial charge >= 0.3 is 0 Å². The molecule has 29 heavy (non-hydrogen) atoms. The van der Waals surface area contributed by atoms with Crippen molar-refractivity contribution in [2.45, 2.75) is 45.4 Å². The Morgan fingerprint density at radius 2 is 2.10 bits per heavy atom. The summed E-state index contributed by atoms with van der Waals surface area (Å²) >= 11 is 0. The van der Waals surface area contributed by atoms with Gasteiger partial charge in [-0.05, 0) is 74.0 Å². The van der Waals surface area contributed by atoms with E-state index in [1.54, 1.807) is 30.4 Å². The monoisotopic (exact) mass is 393 g/mol. The number of fused-ring (bicyclic) bond motifs is 2. The van der Waals surface area contributed by atoms with Crippen molar-refractivity contribution < 1.29 is 9.53 Å². The van der Waals surface area contributed by atoms with E-state index >= 15 is 0 Å². The molecule has 4 aliphatic carbocycles. The molecule has 2 heterocycles. The fourth-order valence-corrected chi connectivity index (χ4v) is 7.52. The van der Waals surface area contributed by atoms with Crippen LogP contribution in [-0.2, 0) is 0 Å². The predicted octanol–water partition coefficient (Wildman–Crippen LogP) is 2.93. The first kappa shape index (κ1) is 17.4. The van der Waals surface area contributed by atoms with E-state index in [2.05, 4.69) is 20.4 Å². The molecule has 3 bridgehead atoms. The van der Waals surface area contributed by atoms with E-state index in [0.717, 1.165) is 24.3 Å². The summed E-state index contributed by atoms with van der Waals surface area (Å²) in [4.78, 5) is 21.5. The Hall–Kier alpha value is -2.44. The van der Waals surface area contributed by atoms with Gasteiger partial charge in [0.05, 0.1) is 18.4 Å². The highest BCUT2D eigenvalue weighted by molar-refractivity contribution is 5.95. The Balaban J connectivity index is 1.20. The van der Waals surface area contributed by atoms with Crippen LogP contribution in [0.15, 0.2) is 18.6 Å². The van der Waals surface area contributed by atoms with E-state index in [0.29, 0.717) is 33.8 Å². The Kier molecular flexibility index (Phi) is 3.48. The van der Waals surface area contributed by atoms with E-state index in [1.807, 2.05) is 6.92 Å². The smallest absolute Gasteiger partial charge is 0.259 e. The number of rotatable bonds is 5. The third kappa shape index (κ3) is 2.36. The van der Waals surface area contributed by atoms with Gasteiger partial charge in [-0.1, -0.05) is 0 Å². The zero-order valence-corrected chi connectivity index (χ0v) is 17.0. The summed E-state index contributed by atoms with van der Waals surface area (Å²) in [7, 11) is 1.55. The SMILES string of the molecule is COc1nccnc1-n1cc(C(=O)NCC23CC4CC5CC(C2)C5(C4)C3)c(C)n1. The molecule has 0 aromatic carbocycles. The second-order valence-electron chi connectivity index (χ2n) is 9.90. The molecule has 2 aromatic rings. The van der Waals surface area contributed by atoms with Crippen LogP contribution in [0.5, 0.6) is 5.88 Å². The van der Waals surface area contributed by atoms with Crippen molar-refractivity contribution in [2.75, 3.05) is 13.7 Å². The van der Waals surface area contributed by atoms with Gasteiger partial charge in [-0.25, -0.2) is 14.6 Å². The highest BCUT2D eigenvalue weighted by Crippen LogP contribution is 2.78. The Labute approximate surface area is 170 Å². The molecule has 0 saturated heterocycles. The van der Waals surface area contributed by atoms with Gasteiger partial charge in [0.15, 0.2) is 0 Å². The molecule has 0 radical (unpaired) electrons. The topological polar surface area (TPSA) is 81.9 Å². The molecule has 1 spiro atoms. The Bertz CT molecular complexity index is 999.